The molecule has 2 aromatic rings. The second kappa shape index (κ2) is 6.13. The van der Waals surface area contributed by atoms with Crippen molar-refractivity contribution in [2.24, 2.45) is 7.05 Å². The predicted octanol–water partition coefficient (Wildman–Crippen LogP) is 1.56. The number of anilines is 2. The first-order valence-electron chi connectivity index (χ1n) is 7.28. The number of hydrogen-bond donors (Lipinski definition) is 2. The Morgan fingerprint density at radius 3 is 3.10 bits per heavy atom. The van der Waals surface area contributed by atoms with Crippen LogP contribution in [0.1, 0.15) is 23.7 Å². The third-order valence-corrected chi connectivity index (χ3v) is 3.85. The summed E-state index contributed by atoms with van der Waals surface area (Å²) in [7, 11) is 2.05. The normalized spacial score (nSPS) is 18.0. The first-order valence-corrected chi connectivity index (χ1v) is 7.28. The summed E-state index contributed by atoms with van der Waals surface area (Å²) in [6.07, 6.45) is 3.99. The van der Waals surface area contributed by atoms with Gasteiger partial charge in [-0.2, -0.15) is 4.98 Å². The lowest BCUT2D eigenvalue weighted by Gasteiger charge is -2.11. The number of rotatable bonds is 5. The molecule has 0 radical (unpaired) electrons. The zero-order valence-corrected chi connectivity index (χ0v) is 12.2. The maximum absolute atomic E-state index is 5.81. The summed E-state index contributed by atoms with van der Waals surface area (Å²) in [4.78, 5) is 8.58. The maximum atomic E-state index is 5.81. The van der Waals surface area contributed by atoms with Gasteiger partial charge >= 0.3 is 0 Å². The Hall–Kier alpha value is -2.08. The van der Waals surface area contributed by atoms with Crippen LogP contribution < -0.4 is 11.1 Å². The molecule has 1 aliphatic rings. The van der Waals surface area contributed by atoms with Crippen LogP contribution in [0, 0.1) is 0 Å². The third kappa shape index (κ3) is 3.33. The molecule has 6 heteroatoms. The van der Waals surface area contributed by atoms with Crippen LogP contribution >= 0.6 is 0 Å². The number of aryl methyl sites for hydroxylation is 1. The molecule has 0 aliphatic carbocycles. The van der Waals surface area contributed by atoms with E-state index in [0.29, 0.717) is 11.9 Å². The highest BCUT2D eigenvalue weighted by atomic mass is 16.5. The van der Waals surface area contributed by atoms with Gasteiger partial charge in [0.15, 0.2) is 0 Å². The average molecular weight is 287 g/mol. The number of nitrogen functional groups attached to an aromatic ring is 1. The van der Waals surface area contributed by atoms with Crippen LogP contribution in [-0.2, 0) is 18.2 Å². The van der Waals surface area contributed by atoms with Crippen LogP contribution in [0.5, 0.6) is 0 Å². The molecule has 1 saturated heterocycles. The Kier molecular flexibility index (Phi) is 4.06. The minimum absolute atomic E-state index is 0.320. The Morgan fingerprint density at radius 1 is 1.48 bits per heavy atom. The summed E-state index contributed by atoms with van der Waals surface area (Å²) in [6.45, 7) is 2.33. The molecule has 3 rings (SSSR count). The molecule has 0 saturated carbocycles. The van der Waals surface area contributed by atoms with Gasteiger partial charge in [0.1, 0.15) is 5.82 Å². The predicted molar refractivity (Wildman–Crippen MR) is 82.2 cm³/mol. The minimum atomic E-state index is 0.320. The molecule has 3 N–H and O–H groups in total. The van der Waals surface area contributed by atoms with E-state index in [4.69, 9.17) is 10.5 Å². The van der Waals surface area contributed by atoms with Crippen molar-refractivity contribution >= 4 is 11.8 Å². The smallest absolute Gasteiger partial charge is 0.222 e. The van der Waals surface area contributed by atoms with Gasteiger partial charge in [0, 0.05) is 50.5 Å². The van der Waals surface area contributed by atoms with Crippen LogP contribution in [0.25, 0.3) is 0 Å². The van der Waals surface area contributed by atoms with E-state index in [0.717, 1.165) is 44.1 Å². The van der Waals surface area contributed by atoms with E-state index in [1.807, 2.05) is 6.07 Å². The number of nitrogens with zero attached hydrogens (tertiary/aromatic N) is 3. The largest absolute Gasteiger partial charge is 0.381 e. The standard InChI is InChI=1S/C15H21N5O/c1-20-7-2-3-12(20)4-6-17-14-9-13(18-15(16)19-14)11-5-8-21-10-11/h2-3,7,9,11H,4-6,8,10H2,1H3,(H3,16,17,18,19)/t11-/m1/s1. The van der Waals surface area contributed by atoms with Crippen molar-refractivity contribution in [2.45, 2.75) is 18.8 Å². The highest BCUT2D eigenvalue weighted by Crippen LogP contribution is 2.25. The molecule has 112 valence electrons. The van der Waals surface area contributed by atoms with E-state index < -0.39 is 0 Å². The van der Waals surface area contributed by atoms with Crippen molar-refractivity contribution in [3.8, 4) is 0 Å². The van der Waals surface area contributed by atoms with E-state index in [1.165, 1.54) is 5.69 Å². The van der Waals surface area contributed by atoms with Gasteiger partial charge < -0.3 is 20.4 Å². The van der Waals surface area contributed by atoms with E-state index in [9.17, 15) is 0 Å². The summed E-state index contributed by atoms with van der Waals surface area (Å²) in [5, 5.41) is 3.33. The molecule has 1 fully saturated rings. The zero-order chi connectivity index (χ0) is 14.7. The molecule has 0 unspecified atom stereocenters. The van der Waals surface area contributed by atoms with Crippen molar-refractivity contribution in [1.29, 1.82) is 0 Å². The zero-order valence-electron chi connectivity index (χ0n) is 12.2. The third-order valence-electron chi connectivity index (χ3n) is 3.85. The lowest BCUT2D eigenvalue weighted by molar-refractivity contribution is 0.193. The van der Waals surface area contributed by atoms with Gasteiger partial charge in [-0.3, -0.25) is 0 Å². The fraction of sp³-hybridized carbons (Fsp3) is 0.467. The fourth-order valence-corrected chi connectivity index (χ4v) is 2.63. The topological polar surface area (TPSA) is 78.0 Å². The highest BCUT2D eigenvalue weighted by Gasteiger charge is 2.20. The molecule has 6 nitrogen and oxygen atoms in total. The van der Waals surface area contributed by atoms with E-state index in [-0.39, 0.29) is 0 Å². The molecular formula is C15H21N5O. The van der Waals surface area contributed by atoms with E-state index >= 15 is 0 Å². The molecule has 21 heavy (non-hydrogen) atoms. The number of hydrogen-bond acceptors (Lipinski definition) is 5. The van der Waals surface area contributed by atoms with Gasteiger partial charge in [-0.15, -0.1) is 0 Å². The molecule has 0 aromatic carbocycles. The highest BCUT2D eigenvalue weighted by molar-refractivity contribution is 5.41. The minimum Gasteiger partial charge on any atom is -0.381 e. The van der Waals surface area contributed by atoms with Crippen molar-refractivity contribution in [3.63, 3.8) is 0 Å². The Morgan fingerprint density at radius 2 is 2.38 bits per heavy atom. The summed E-state index contributed by atoms with van der Waals surface area (Å²) in [5.74, 6) is 1.45. The van der Waals surface area contributed by atoms with Crippen LogP contribution in [-0.4, -0.2) is 34.3 Å². The molecule has 2 aromatic heterocycles. The second-order valence-electron chi connectivity index (χ2n) is 5.38. The van der Waals surface area contributed by atoms with Gasteiger partial charge in [-0.1, -0.05) is 0 Å². The molecular weight excluding hydrogens is 266 g/mol. The van der Waals surface area contributed by atoms with Crippen LogP contribution in [0.4, 0.5) is 11.8 Å². The summed E-state index contributed by atoms with van der Waals surface area (Å²) in [6, 6.07) is 6.16. The van der Waals surface area contributed by atoms with Crippen molar-refractivity contribution in [3.05, 3.63) is 35.8 Å². The molecule has 3 heterocycles. The SMILES string of the molecule is Cn1cccc1CCNc1cc([C@@H]2CCOC2)nc(N)n1. The van der Waals surface area contributed by atoms with Crippen LogP contribution in [0.15, 0.2) is 24.4 Å². The van der Waals surface area contributed by atoms with E-state index in [2.05, 4.69) is 45.2 Å². The monoisotopic (exact) mass is 287 g/mol. The molecule has 1 atom stereocenters. The van der Waals surface area contributed by atoms with Crippen molar-refractivity contribution < 1.29 is 4.74 Å². The Labute approximate surface area is 124 Å². The fourth-order valence-electron chi connectivity index (χ4n) is 2.63. The first-order chi connectivity index (χ1) is 10.2. The molecule has 0 bridgehead atoms. The summed E-state index contributed by atoms with van der Waals surface area (Å²) < 4.78 is 7.53. The Balaban J connectivity index is 1.63. The van der Waals surface area contributed by atoms with Gasteiger partial charge in [0.2, 0.25) is 5.95 Å². The lowest BCUT2D eigenvalue weighted by Crippen LogP contribution is -2.12. The number of nitrogens with two attached hydrogens (primary N) is 1. The lowest BCUT2D eigenvalue weighted by atomic mass is 10.0. The second-order valence-corrected chi connectivity index (χ2v) is 5.38. The number of ether oxygens (including phenoxy) is 1. The van der Waals surface area contributed by atoms with E-state index in [1.54, 1.807) is 0 Å². The molecule has 0 spiro atoms. The molecule has 1 aliphatic heterocycles. The van der Waals surface area contributed by atoms with Gasteiger partial charge in [-0.05, 0) is 18.6 Å². The summed E-state index contributed by atoms with van der Waals surface area (Å²) in [5.41, 5.74) is 8.07. The van der Waals surface area contributed by atoms with Crippen LogP contribution in [0.3, 0.4) is 0 Å². The summed E-state index contributed by atoms with van der Waals surface area (Å²) >= 11 is 0. The van der Waals surface area contributed by atoms with Gasteiger partial charge in [0.25, 0.3) is 0 Å². The Bertz CT molecular complexity index is 604. The molecule has 0 amide bonds. The average Bonchev–Trinajstić information content (AvgIpc) is 3.10. The van der Waals surface area contributed by atoms with Crippen molar-refractivity contribution in [1.82, 2.24) is 14.5 Å². The quantitative estimate of drug-likeness (QED) is 0.872. The first kappa shape index (κ1) is 13.9. The van der Waals surface area contributed by atoms with Crippen molar-refractivity contribution in [2.75, 3.05) is 30.8 Å². The number of aromatic nitrogens is 3. The van der Waals surface area contributed by atoms with Gasteiger partial charge in [-0.25, -0.2) is 4.98 Å². The number of nitrogens with one attached hydrogen (secondary N) is 1. The maximum Gasteiger partial charge on any atom is 0.222 e. The van der Waals surface area contributed by atoms with Crippen LogP contribution in [0.2, 0.25) is 0 Å². The van der Waals surface area contributed by atoms with Gasteiger partial charge in [0.05, 0.1) is 12.3 Å².